The molecule has 0 aliphatic carbocycles. The summed E-state index contributed by atoms with van der Waals surface area (Å²) in [4.78, 5) is 12.4. The lowest BCUT2D eigenvalue weighted by molar-refractivity contribution is 0.102. The fourth-order valence-electron chi connectivity index (χ4n) is 2.03. The van der Waals surface area contributed by atoms with Gasteiger partial charge < -0.3 is 5.32 Å². The molecule has 23 heavy (non-hydrogen) atoms. The number of nitrogens with one attached hydrogen (secondary N) is 2. The van der Waals surface area contributed by atoms with E-state index >= 15 is 0 Å². The van der Waals surface area contributed by atoms with E-state index in [0.717, 1.165) is 12.0 Å². The van der Waals surface area contributed by atoms with E-state index in [1.807, 2.05) is 25.1 Å². The van der Waals surface area contributed by atoms with Crippen LogP contribution in [0.2, 0.25) is 5.02 Å². The summed E-state index contributed by atoms with van der Waals surface area (Å²) in [5, 5.41) is 2.92. The maximum absolute atomic E-state index is 12.4. The van der Waals surface area contributed by atoms with E-state index in [1.165, 1.54) is 25.2 Å². The van der Waals surface area contributed by atoms with Crippen LogP contribution in [0.5, 0.6) is 0 Å². The lowest BCUT2D eigenvalue weighted by Gasteiger charge is -2.10. The van der Waals surface area contributed by atoms with Gasteiger partial charge in [-0.25, -0.2) is 13.1 Å². The van der Waals surface area contributed by atoms with Crippen LogP contribution in [0.25, 0.3) is 0 Å². The van der Waals surface area contributed by atoms with Gasteiger partial charge in [-0.2, -0.15) is 0 Å². The molecule has 2 aromatic carbocycles. The van der Waals surface area contributed by atoms with Gasteiger partial charge in [0.1, 0.15) is 0 Å². The van der Waals surface area contributed by atoms with Crippen molar-refractivity contribution in [3.05, 3.63) is 58.6 Å². The predicted molar refractivity (Wildman–Crippen MR) is 91.5 cm³/mol. The van der Waals surface area contributed by atoms with Crippen LogP contribution < -0.4 is 10.0 Å². The van der Waals surface area contributed by atoms with E-state index in [9.17, 15) is 13.2 Å². The number of rotatable bonds is 5. The lowest BCUT2D eigenvalue weighted by Crippen LogP contribution is -2.20. The van der Waals surface area contributed by atoms with Crippen molar-refractivity contribution >= 4 is 33.2 Å². The second-order valence-electron chi connectivity index (χ2n) is 4.86. The molecule has 0 aliphatic heterocycles. The second kappa shape index (κ2) is 7.12. The topological polar surface area (TPSA) is 75.3 Å². The molecule has 5 nitrogen and oxygen atoms in total. The van der Waals surface area contributed by atoms with E-state index in [1.54, 1.807) is 6.07 Å². The molecular formula is C16H17ClN2O3S. The monoisotopic (exact) mass is 352 g/mol. The molecule has 0 aliphatic rings. The van der Waals surface area contributed by atoms with Gasteiger partial charge in [-0.05, 0) is 49.4 Å². The molecule has 0 aromatic heterocycles. The van der Waals surface area contributed by atoms with Crippen molar-refractivity contribution in [3.63, 3.8) is 0 Å². The third-order valence-electron chi connectivity index (χ3n) is 3.35. The number of hydrogen-bond donors (Lipinski definition) is 2. The maximum atomic E-state index is 12.4. The average molecular weight is 353 g/mol. The fraction of sp³-hybridized carbons (Fsp3) is 0.188. The van der Waals surface area contributed by atoms with Crippen molar-refractivity contribution in [2.24, 2.45) is 0 Å². The van der Waals surface area contributed by atoms with Gasteiger partial charge in [0.05, 0.1) is 15.5 Å². The highest BCUT2D eigenvalue weighted by Crippen LogP contribution is 2.22. The molecule has 2 aromatic rings. The smallest absolute Gasteiger partial charge is 0.257 e. The number of amides is 1. The molecule has 0 unspecified atom stereocenters. The Morgan fingerprint density at radius 2 is 1.91 bits per heavy atom. The number of sulfonamides is 1. The molecule has 0 spiro atoms. The molecule has 0 fully saturated rings. The van der Waals surface area contributed by atoms with Crippen LogP contribution in [0.15, 0.2) is 47.4 Å². The van der Waals surface area contributed by atoms with Gasteiger partial charge in [0.25, 0.3) is 5.91 Å². The van der Waals surface area contributed by atoms with Crippen LogP contribution in [-0.4, -0.2) is 21.4 Å². The Balaban J connectivity index is 2.33. The molecule has 122 valence electrons. The first-order valence-corrected chi connectivity index (χ1v) is 8.87. The first-order valence-electron chi connectivity index (χ1n) is 7.00. The summed E-state index contributed by atoms with van der Waals surface area (Å²) in [6, 6.07) is 11.4. The van der Waals surface area contributed by atoms with E-state index < -0.39 is 15.9 Å². The predicted octanol–water partition coefficient (Wildman–Crippen LogP) is 3.06. The van der Waals surface area contributed by atoms with Crippen LogP contribution >= 0.6 is 11.6 Å². The number of benzene rings is 2. The number of carbonyl (C=O) groups excluding carboxylic acids is 1. The molecule has 2 N–H and O–H groups in total. The first kappa shape index (κ1) is 17.5. The van der Waals surface area contributed by atoms with Gasteiger partial charge in [-0.1, -0.05) is 30.7 Å². The van der Waals surface area contributed by atoms with Gasteiger partial charge in [0.2, 0.25) is 10.0 Å². The van der Waals surface area contributed by atoms with Crippen LogP contribution in [0, 0.1) is 0 Å². The summed E-state index contributed by atoms with van der Waals surface area (Å²) >= 11 is 6.03. The summed E-state index contributed by atoms with van der Waals surface area (Å²) in [5.41, 5.74) is 1.82. The minimum atomic E-state index is -3.64. The zero-order chi connectivity index (χ0) is 17.0. The normalized spacial score (nSPS) is 11.3. The molecule has 0 atom stereocenters. The number of halogens is 1. The van der Waals surface area contributed by atoms with Crippen molar-refractivity contribution in [1.29, 1.82) is 0 Å². The molecule has 0 saturated heterocycles. The summed E-state index contributed by atoms with van der Waals surface area (Å²) in [6.07, 6.45) is 0.848. The standard InChI is InChI=1S/C16H17ClN2O3S/c1-3-11-5-4-6-12(9-11)19-16(20)14-10-13(7-8-15(14)17)23(21,22)18-2/h4-10,18H,3H2,1-2H3,(H,19,20). The fourth-order valence-corrected chi connectivity index (χ4v) is 2.99. The van der Waals surface area contributed by atoms with Crippen molar-refractivity contribution in [2.75, 3.05) is 12.4 Å². The van der Waals surface area contributed by atoms with E-state index in [0.29, 0.717) is 5.69 Å². The Kier molecular flexibility index (Phi) is 5.41. The summed E-state index contributed by atoms with van der Waals surface area (Å²) in [5.74, 6) is -0.462. The molecular weight excluding hydrogens is 336 g/mol. The van der Waals surface area contributed by atoms with E-state index in [4.69, 9.17) is 11.6 Å². The van der Waals surface area contributed by atoms with Gasteiger partial charge >= 0.3 is 0 Å². The number of hydrogen-bond acceptors (Lipinski definition) is 3. The van der Waals surface area contributed by atoms with Crippen LogP contribution in [0.4, 0.5) is 5.69 Å². The Morgan fingerprint density at radius 3 is 2.57 bits per heavy atom. The number of anilines is 1. The van der Waals surface area contributed by atoms with E-state index in [-0.39, 0.29) is 15.5 Å². The van der Waals surface area contributed by atoms with Crippen molar-refractivity contribution < 1.29 is 13.2 Å². The van der Waals surface area contributed by atoms with Gasteiger partial charge in [0.15, 0.2) is 0 Å². The first-order chi connectivity index (χ1) is 10.9. The third kappa shape index (κ3) is 4.10. The molecule has 0 heterocycles. The molecule has 0 radical (unpaired) electrons. The number of aryl methyl sites for hydroxylation is 1. The Labute approximate surface area is 140 Å². The van der Waals surface area contributed by atoms with Gasteiger partial charge in [-0.3, -0.25) is 4.79 Å². The zero-order valence-electron chi connectivity index (χ0n) is 12.8. The highest BCUT2D eigenvalue weighted by atomic mass is 35.5. The van der Waals surface area contributed by atoms with Crippen LogP contribution in [0.3, 0.4) is 0 Å². The maximum Gasteiger partial charge on any atom is 0.257 e. The van der Waals surface area contributed by atoms with Gasteiger partial charge in [-0.15, -0.1) is 0 Å². The van der Waals surface area contributed by atoms with Crippen LogP contribution in [-0.2, 0) is 16.4 Å². The molecule has 7 heteroatoms. The largest absolute Gasteiger partial charge is 0.322 e. The molecule has 1 amide bonds. The van der Waals surface area contributed by atoms with Crippen LogP contribution in [0.1, 0.15) is 22.8 Å². The Bertz CT molecular complexity index is 835. The molecule has 2 rings (SSSR count). The van der Waals surface area contributed by atoms with E-state index in [2.05, 4.69) is 10.0 Å². The summed E-state index contributed by atoms with van der Waals surface area (Å²) < 4.78 is 25.9. The third-order valence-corrected chi connectivity index (χ3v) is 5.10. The Morgan fingerprint density at radius 1 is 1.17 bits per heavy atom. The van der Waals surface area contributed by atoms with Crippen molar-refractivity contribution in [1.82, 2.24) is 4.72 Å². The average Bonchev–Trinajstić information content (AvgIpc) is 2.55. The lowest BCUT2D eigenvalue weighted by atomic mass is 10.1. The highest BCUT2D eigenvalue weighted by molar-refractivity contribution is 7.89. The highest BCUT2D eigenvalue weighted by Gasteiger charge is 2.17. The zero-order valence-corrected chi connectivity index (χ0v) is 14.3. The minimum absolute atomic E-state index is 0.0168. The van der Waals surface area contributed by atoms with Gasteiger partial charge in [0, 0.05) is 5.69 Å². The Hall–Kier alpha value is -1.89. The van der Waals surface area contributed by atoms with Crippen molar-refractivity contribution in [2.45, 2.75) is 18.2 Å². The quantitative estimate of drug-likeness (QED) is 0.868. The minimum Gasteiger partial charge on any atom is -0.322 e. The number of carbonyl (C=O) groups is 1. The summed E-state index contributed by atoms with van der Waals surface area (Å²) in [6.45, 7) is 2.02. The van der Waals surface area contributed by atoms with Crippen molar-refractivity contribution in [3.8, 4) is 0 Å². The molecule has 0 bridgehead atoms. The second-order valence-corrected chi connectivity index (χ2v) is 7.15. The molecule has 0 saturated carbocycles. The summed E-state index contributed by atoms with van der Waals surface area (Å²) in [7, 11) is -2.34. The SMILES string of the molecule is CCc1cccc(NC(=O)c2cc(S(=O)(=O)NC)ccc2Cl)c1.